The van der Waals surface area contributed by atoms with Gasteiger partial charge in [-0.05, 0) is 24.6 Å². The van der Waals surface area contributed by atoms with Crippen molar-refractivity contribution in [3.05, 3.63) is 24.0 Å². The van der Waals surface area contributed by atoms with Crippen LogP contribution in [0.1, 0.15) is 39.0 Å². The first-order chi connectivity index (χ1) is 8.95. The van der Waals surface area contributed by atoms with Crippen LogP contribution in [0.15, 0.2) is 23.1 Å². The van der Waals surface area contributed by atoms with Crippen LogP contribution in [-0.2, 0) is 10.0 Å². The van der Waals surface area contributed by atoms with Crippen molar-refractivity contribution in [3.63, 3.8) is 0 Å². The maximum atomic E-state index is 13.0. The van der Waals surface area contributed by atoms with Crippen molar-refractivity contribution in [2.24, 2.45) is 5.14 Å². The fourth-order valence-corrected chi connectivity index (χ4v) is 2.40. The van der Waals surface area contributed by atoms with Crippen LogP contribution in [0, 0.1) is 5.82 Å². The quantitative estimate of drug-likeness (QED) is 0.748. The first-order valence-corrected chi connectivity index (χ1v) is 7.95. The van der Waals surface area contributed by atoms with E-state index in [4.69, 9.17) is 9.88 Å². The summed E-state index contributed by atoms with van der Waals surface area (Å²) in [5.74, 6) is -0.543. The number of nitrogens with two attached hydrogens (primary N) is 1. The van der Waals surface area contributed by atoms with Crippen molar-refractivity contribution in [1.82, 2.24) is 0 Å². The third-order valence-electron chi connectivity index (χ3n) is 2.72. The van der Waals surface area contributed by atoms with E-state index in [1.165, 1.54) is 12.5 Å². The molecule has 0 saturated carbocycles. The van der Waals surface area contributed by atoms with Crippen LogP contribution >= 0.6 is 0 Å². The van der Waals surface area contributed by atoms with Crippen LogP contribution in [0.4, 0.5) is 4.39 Å². The van der Waals surface area contributed by atoms with Gasteiger partial charge in [-0.2, -0.15) is 0 Å². The maximum Gasteiger partial charge on any atom is 0.241 e. The maximum absolute atomic E-state index is 13.0. The van der Waals surface area contributed by atoms with Gasteiger partial charge in [0.1, 0.15) is 16.5 Å². The van der Waals surface area contributed by atoms with Gasteiger partial charge in [0, 0.05) is 0 Å². The lowest BCUT2D eigenvalue weighted by atomic mass is 10.2. The normalized spacial score (nSPS) is 11.5. The van der Waals surface area contributed by atoms with E-state index < -0.39 is 15.8 Å². The molecule has 0 aliphatic carbocycles. The number of sulfonamides is 1. The van der Waals surface area contributed by atoms with Gasteiger partial charge in [0.15, 0.2) is 0 Å². The third kappa shape index (κ3) is 5.57. The Morgan fingerprint density at radius 1 is 1.21 bits per heavy atom. The Hall–Kier alpha value is -1.14. The molecule has 0 aliphatic rings. The lowest BCUT2D eigenvalue weighted by molar-refractivity contribution is 0.296. The zero-order chi connectivity index (χ0) is 14.3. The number of hydrogen-bond donors (Lipinski definition) is 1. The summed E-state index contributed by atoms with van der Waals surface area (Å²) in [6, 6.07) is 3.32. The summed E-state index contributed by atoms with van der Waals surface area (Å²) < 4.78 is 41.0. The van der Waals surface area contributed by atoms with Gasteiger partial charge in [0.2, 0.25) is 10.0 Å². The highest BCUT2D eigenvalue weighted by molar-refractivity contribution is 7.89. The van der Waals surface area contributed by atoms with E-state index in [0.717, 1.165) is 37.8 Å². The van der Waals surface area contributed by atoms with Gasteiger partial charge in [-0.1, -0.05) is 32.6 Å². The van der Waals surface area contributed by atoms with Crippen molar-refractivity contribution in [1.29, 1.82) is 0 Å². The molecular weight excluding hydrogens is 269 g/mol. The molecule has 0 radical (unpaired) electrons. The Balaban J connectivity index is 2.59. The number of hydrogen-bond acceptors (Lipinski definition) is 3. The zero-order valence-corrected chi connectivity index (χ0v) is 11.9. The van der Waals surface area contributed by atoms with E-state index >= 15 is 0 Å². The molecule has 0 heterocycles. The molecule has 0 aromatic heterocycles. The Labute approximate surface area is 113 Å². The third-order valence-corrected chi connectivity index (χ3v) is 3.65. The summed E-state index contributed by atoms with van der Waals surface area (Å²) >= 11 is 0. The van der Waals surface area contributed by atoms with E-state index in [1.807, 2.05) is 0 Å². The van der Waals surface area contributed by atoms with Gasteiger partial charge >= 0.3 is 0 Å². The predicted molar refractivity (Wildman–Crippen MR) is 72.0 cm³/mol. The molecule has 0 saturated heterocycles. The monoisotopic (exact) mass is 289 g/mol. The molecule has 1 rings (SSSR count). The molecule has 0 fully saturated rings. The van der Waals surface area contributed by atoms with Crippen molar-refractivity contribution in [2.75, 3.05) is 6.61 Å². The average molecular weight is 289 g/mol. The minimum absolute atomic E-state index is 0.111. The van der Waals surface area contributed by atoms with Gasteiger partial charge in [0.25, 0.3) is 0 Å². The smallest absolute Gasteiger partial charge is 0.241 e. The predicted octanol–water partition coefficient (Wildman–Crippen LogP) is 2.82. The molecule has 0 aliphatic heterocycles. The Bertz CT molecular complexity index is 503. The first kappa shape index (κ1) is 15.9. The second-order valence-electron chi connectivity index (χ2n) is 4.40. The number of unbranched alkanes of at least 4 members (excludes halogenated alkanes) is 4. The second-order valence-corrected chi connectivity index (χ2v) is 5.93. The number of primary sulfonamides is 1. The van der Waals surface area contributed by atoms with Crippen LogP contribution in [0.2, 0.25) is 0 Å². The van der Waals surface area contributed by atoms with Gasteiger partial charge < -0.3 is 4.74 Å². The van der Waals surface area contributed by atoms with E-state index in [0.29, 0.717) is 6.61 Å². The molecule has 0 unspecified atom stereocenters. The molecule has 0 atom stereocenters. The SMILES string of the molecule is CCCCCCCOc1ccc(F)cc1S(N)(=O)=O. The molecule has 0 spiro atoms. The van der Waals surface area contributed by atoms with Crippen LogP contribution in [0.3, 0.4) is 0 Å². The number of halogens is 1. The van der Waals surface area contributed by atoms with Gasteiger partial charge in [-0.15, -0.1) is 0 Å². The molecule has 4 nitrogen and oxygen atoms in total. The molecule has 0 bridgehead atoms. The summed E-state index contributed by atoms with van der Waals surface area (Å²) in [5.41, 5.74) is 0. The van der Waals surface area contributed by atoms with Crippen LogP contribution < -0.4 is 9.88 Å². The van der Waals surface area contributed by atoms with Crippen molar-refractivity contribution in [2.45, 2.75) is 43.9 Å². The molecule has 1 aromatic carbocycles. The van der Waals surface area contributed by atoms with Crippen molar-refractivity contribution < 1.29 is 17.5 Å². The summed E-state index contributed by atoms with van der Waals surface area (Å²) in [4.78, 5) is -0.305. The molecule has 2 N–H and O–H groups in total. The number of benzene rings is 1. The molecule has 0 amide bonds. The fraction of sp³-hybridized carbons (Fsp3) is 0.538. The topological polar surface area (TPSA) is 69.4 Å². The Morgan fingerprint density at radius 2 is 1.89 bits per heavy atom. The van der Waals surface area contributed by atoms with E-state index in [1.54, 1.807) is 0 Å². The highest BCUT2D eigenvalue weighted by Crippen LogP contribution is 2.23. The summed E-state index contributed by atoms with van der Waals surface area (Å²) in [6.45, 7) is 2.53. The molecule has 6 heteroatoms. The van der Waals surface area contributed by atoms with Gasteiger partial charge in [-0.3, -0.25) is 0 Å². The van der Waals surface area contributed by atoms with Crippen molar-refractivity contribution in [3.8, 4) is 5.75 Å². The average Bonchev–Trinajstić information content (AvgIpc) is 2.34. The van der Waals surface area contributed by atoms with E-state index in [-0.39, 0.29) is 10.6 Å². The molecule has 19 heavy (non-hydrogen) atoms. The lowest BCUT2D eigenvalue weighted by Crippen LogP contribution is -2.14. The highest BCUT2D eigenvalue weighted by Gasteiger charge is 2.16. The summed E-state index contributed by atoms with van der Waals surface area (Å²) in [6.07, 6.45) is 5.33. The van der Waals surface area contributed by atoms with E-state index in [9.17, 15) is 12.8 Å². The standard InChI is InChI=1S/C13H20FNO3S/c1-2-3-4-5-6-9-18-12-8-7-11(14)10-13(12)19(15,16)17/h7-8,10H,2-6,9H2,1H3,(H2,15,16,17). The lowest BCUT2D eigenvalue weighted by Gasteiger charge is -2.10. The largest absolute Gasteiger partial charge is 0.492 e. The van der Waals surface area contributed by atoms with Crippen LogP contribution in [0.25, 0.3) is 0 Å². The second kappa shape index (κ2) is 7.45. The molecular formula is C13H20FNO3S. The van der Waals surface area contributed by atoms with E-state index in [2.05, 4.69) is 6.92 Å². The zero-order valence-electron chi connectivity index (χ0n) is 11.1. The summed E-state index contributed by atoms with van der Waals surface area (Å²) in [5, 5.41) is 5.02. The molecule has 1 aromatic rings. The Kier molecular flexibility index (Phi) is 6.24. The summed E-state index contributed by atoms with van der Waals surface area (Å²) in [7, 11) is -3.97. The Morgan fingerprint density at radius 3 is 2.53 bits per heavy atom. The highest BCUT2D eigenvalue weighted by atomic mass is 32.2. The fourth-order valence-electron chi connectivity index (χ4n) is 1.71. The number of ether oxygens (including phenoxy) is 1. The van der Waals surface area contributed by atoms with Gasteiger partial charge in [0.05, 0.1) is 6.61 Å². The number of rotatable bonds is 8. The minimum Gasteiger partial charge on any atom is -0.492 e. The molecule has 108 valence electrons. The minimum atomic E-state index is -3.97. The van der Waals surface area contributed by atoms with Crippen LogP contribution in [-0.4, -0.2) is 15.0 Å². The van der Waals surface area contributed by atoms with Gasteiger partial charge in [-0.25, -0.2) is 17.9 Å². The van der Waals surface area contributed by atoms with Crippen LogP contribution in [0.5, 0.6) is 5.75 Å². The first-order valence-electron chi connectivity index (χ1n) is 6.40. The van der Waals surface area contributed by atoms with Crippen molar-refractivity contribution >= 4 is 10.0 Å².